The third-order valence-corrected chi connectivity index (χ3v) is 6.89. The van der Waals surface area contributed by atoms with E-state index in [1.807, 2.05) is 6.20 Å². The maximum atomic E-state index is 4.64. The number of nitrogens with zero attached hydrogens (tertiary/aromatic N) is 3. The molecule has 2 aliphatic rings. The molecule has 130 valence electrons. The molecule has 0 spiro atoms. The molecule has 0 atom stereocenters. The normalized spacial score (nSPS) is 22.3. The Morgan fingerprint density at radius 2 is 1.96 bits per heavy atom. The van der Waals surface area contributed by atoms with Crippen molar-refractivity contribution in [2.24, 2.45) is 5.41 Å². The van der Waals surface area contributed by atoms with Gasteiger partial charge in [0.05, 0.1) is 9.77 Å². The number of nitrogens with one attached hydrogen (secondary N) is 1. The van der Waals surface area contributed by atoms with Crippen LogP contribution in [0.15, 0.2) is 6.20 Å². The molecule has 1 saturated heterocycles. The number of aromatic nitrogens is 2. The Morgan fingerprint density at radius 1 is 1.22 bits per heavy atom. The lowest BCUT2D eigenvalue weighted by Crippen LogP contribution is -2.44. The topological polar surface area (TPSA) is 33.1 Å². The standard InChI is InChI=1S/C18H31IN4/c1-16-17(19)14-21-23(16)15-18(6-3-2-4-7-18)8-5-11-22-12-9-20-10-13-22/h14,20H,2-13,15H2,1H3. The summed E-state index contributed by atoms with van der Waals surface area (Å²) in [5.74, 6) is 0. The van der Waals surface area contributed by atoms with Crippen molar-refractivity contribution in [1.29, 1.82) is 0 Å². The first-order chi connectivity index (χ1) is 11.2. The van der Waals surface area contributed by atoms with Crippen molar-refractivity contribution in [2.75, 3.05) is 32.7 Å². The maximum absolute atomic E-state index is 4.64. The molecule has 1 N–H and O–H groups in total. The summed E-state index contributed by atoms with van der Waals surface area (Å²) >= 11 is 2.41. The molecule has 0 radical (unpaired) electrons. The van der Waals surface area contributed by atoms with E-state index in [0.29, 0.717) is 5.41 Å². The van der Waals surface area contributed by atoms with Crippen LogP contribution in [0.25, 0.3) is 0 Å². The fraction of sp³-hybridized carbons (Fsp3) is 0.833. The first-order valence-corrected chi connectivity index (χ1v) is 10.4. The summed E-state index contributed by atoms with van der Waals surface area (Å²) in [5.41, 5.74) is 1.84. The van der Waals surface area contributed by atoms with E-state index in [1.165, 1.54) is 73.8 Å². The van der Waals surface area contributed by atoms with E-state index < -0.39 is 0 Å². The molecule has 0 unspecified atom stereocenters. The fourth-order valence-corrected chi connectivity index (χ4v) is 4.71. The second-order valence-corrected chi connectivity index (χ2v) is 8.65. The first-order valence-electron chi connectivity index (χ1n) is 9.30. The summed E-state index contributed by atoms with van der Waals surface area (Å²) in [7, 11) is 0. The van der Waals surface area contributed by atoms with Crippen molar-refractivity contribution in [3.8, 4) is 0 Å². The molecule has 5 heteroatoms. The highest BCUT2D eigenvalue weighted by Crippen LogP contribution is 2.42. The van der Waals surface area contributed by atoms with E-state index in [9.17, 15) is 0 Å². The van der Waals surface area contributed by atoms with Gasteiger partial charge in [-0.25, -0.2) is 0 Å². The van der Waals surface area contributed by atoms with Crippen LogP contribution in [0, 0.1) is 15.9 Å². The van der Waals surface area contributed by atoms with Crippen LogP contribution in [0.2, 0.25) is 0 Å². The molecule has 1 aromatic rings. The van der Waals surface area contributed by atoms with Crippen molar-refractivity contribution >= 4 is 22.6 Å². The average molecular weight is 430 g/mol. The molecule has 1 aliphatic heterocycles. The molecule has 1 aromatic heterocycles. The Balaban J connectivity index is 1.58. The molecule has 0 amide bonds. The zero-order valence-corrected chi connectivity index (χ0v) is 16.6. The van der Waals surface area contributed by atoms with E-state index in [4.69, 9.17) is 0 Å². The van der Waals surface area contributed by atoms with E-state index in [0.717, 1.165) is 19.6 Å². The second-order valence-electron chi connectivity index (χ2n) is 7.49. The summed E-state index contributed by atoms with van der Waals surface area (Å²) in [6.45, 7) is 9.40. The van der Waals surface area contributed by atoms with Gasteiger partial charge in [-0.2, -0.15) is 5.10 Å². The van der Waals surface area contributed by atoms with Gasteiger partial charge in [-0.3, -0.25) is 4.68 Å². The summed E-state index contributed by atoms with van der Waals surface area (Å²) in [4.78, 5) is 2.63. The first kappa shape index (κ1) is 17.7. The molecule has 3 rings (SSSR count). The zero-order valence-electron chi connectivity index (χ0n) is 14.5. The number of hydrogen-bond donors (Lipinski definition) is 1. The molecule has 2 heterocycles. The number of hydrogen-bond acceptors (Lipinski definition) is 3. The Bertz CT molecular complexity index is 487. The Labute approximate surface area is 154 Å². The molecule has 1 aliphatic carbocycles. The van der Waals surface area contributed by atoms with Crippen molar-refractivity contribution in [2.45, 2.75) is 58.4 Å². The van der Waals surface area contributed by atoms with E-state index in [-0.39, 0.29) is 0 Å². The van der Waals surface area contributed by atoms with Gasteiger partial charge in [0.25, 0.3) is 0 Å². The van der Waals surface area contributed by atoms with Crippen LogP contribution >= 0.6 is 22.6 Å². The maximum Gasteiger partial charge on any atom is 0.0626 e. The van der Waals surface area contributed by atoms with Gasteiger partial charge in [-0.15, -0.1) is 0 Å². The minimum absolute atomic E-state index is 0.492. The molecule has 2 fully saturated rings. The van der Waals surface area contributed by atoms with Gasteiger partial charge >= 0.3 is 0 Å². The van der Waals surface area contributed by atoms with Crippen LogP contribution < -0.4 is 5.32 Å². The quantitative estimate of drug-likeness (QED) is 0.703. The number of piperazine rings is 1. The van der Waals surface area contributed by atoms with Gasteiger partial charge in [0.15, 0.2) is 0 Å². The molecular weight excluding hydrogens is 399 g/mol. The largest absolute Gasteiger partial charge is 0.314 e. The number of halogens is 1. The predicted octanol–water partition coefficient (Wildman–Crippen LogP) is 3.43. The Morgan fingerprint density at radius 3 is 2.61 bits per heavy atom. The smallest absolute Gasteiger partial charge is 0.0626 e. The molecule has 4 nitrogen and oxygen atoms in total. The SMILES string of the molecule is Cc1c(I)cnn1CC1(CCCN2CCNCC2)CCCCC1. The minimum atomic E-state index is 0.492. The minimum Gasteiger partial charge on any atom is -0.314 e. The van der Waals surface area contributed by atoms with E-state index >= 15 is 0 Å². The van der Waals surface area contributed by atoms with Crippen LogP contribution in [0.4, 0.5) is 0 Å². The zero-order chi connectivity index (χ0) is 16.1. The summed E-state index contributed by atoms with van der Waals surface area (Å²) in [6, 6.07) is 0. The van der Waals surface area contributed by atoms with Gasteiger partial charge in [-0.05, 0) is 67.2 Å². The summed E-state index contributed by atoms with van der Waals surface area (Å²) in [5, 5.41) is 8.09. The molecule has 1 saturated carbocycles. The lowest BCUT2D eigenvalue weighted by molar-refractivity contribution is 0.122. The lowest BCUT2D eigenvalue weighted by atomic mass is 9.71. The van der Waals surface area contributed by atoms with Crippen molar-refractivity contribution in [3.63, 3.8) is 0 Å². The highest BCUT2D eigenvalue weighted by molar-refractivity contribution is 14.1. The summed E-state index contributed by atoms with van der Waals surface area (Å²) in [6.07, 6.45) is 11.8. The van der Waals surface area contributed by atoms with Crippen LogP contribution in [0.5, 0.6) is 0 Å². The van der Waals surface area contributed by atoms with Crippen LogP contribution in [0.1, 0.15) is 50.6 Å². The molecular formula is C18H31IN4. The van der Waals surface area contributed by atoms with Crippen LogP contribution in [-0.2, 0) is 6.54 Å². The third kappa shape index (κ3) is 4.69. The van der Waals surface area contributed by atoms with Crippen LogP contribution in [0.3, 0.4) is 0 Å². The molecule has 0 aromatic carbocycles. The Kier molecular flexibility index (Phi) is 6.38. The van der Waals surface area contributed by atoms with E-state index in [1.54, 1.807) is 0 Å². The highest BCUT2D eigenvalue weighted by atomic mass is 127. The second kappa shape index (κ2) is 8.30. The highest BCUT2D eigenvalue weighted by Gasteiger charge is 2.33. The molecule has 0 bridgehead atoms. The van der Waals surface area contributed by atoms with Gasteiger partial charge in [-0.1, -0.05) is 19.3 Å². The van der Waals surface area contributed by atoms with Gasteiger partial charge in [0, 0.05) is 38.4 Å². The summed E-state index contributed by atoms with van der Waals surface area (Å²) < 4.78 is 3.58. The van der Waals surface area contributed by atoms with Crippen molar-refractivity contribution in [1.82, 2.24) is 20.0 Å². The van der Waals surface area contributed by atoms with Gasteiger partial charge in [0.2, 0.25) is 0 Å². The lowest BCUT2D eigenvalue weighted by Gasteiger charge is -2.38. The predicted molar refractivity (Wildman–Crippen MR) is 104 cm³/mol. The third-order valence-electron chi connectivity index (χ3n) is 5.83. The number of rotatable bonds is 6. The fourth-order valence-electron chi connectivity index (χ4n) is 4.30. The van der Waals surface area contributed by atoms with Crippen molar-refractivity contribution < 1.29 is 0 Å². The Hall–Kier alpha value is -0.140. The van der Waals surface area contributed by atoms with Crippen molar-refractivity contribution in [3.05, 3.63) is 15.5 Å². The van der Waals surface area contributed by atoms with Gasteiger partial charge < -0.3 is 10.2 Å². The average Bonchev–Trinajstić information content (AvgIpc) is 2.89. The van der Waals surface area contributed by atoms with E-state index in [2.05, 4.69) is 49.5 Å². The van der Waals surface area contributed by atoms with Crippen LogP contribution in [-0.4, -0.2) is 47.4 Å². The molecule has 23 heavy (non-hydrogen) atoms. The monoisotopic (exact) mass is 430 g/mol. The van der Waals surface area contributed by atoms with Gasteiger partial charge in [0.1, 0.15) is 0 Å².